The molecule has 1 aliphatic carbocycles. The van der Waals surface area contributed by atoms with E-state index in [1.807, 2.05) is 6.07 Å². The average molecular weight is 351 g/mol. The van der Waals surface area contributed by atoms with Gasteiger partial charge in [-0.1, -0.05) is 35.3 Å². The highest BCUT2D eigenvalue weighted by atomic mass is 35.5. The van der Waals surface area contributed by atoms with Crippen molar-refractivity contribution in [2.45, 2.75) is 18.4 Å². The number of nitrogens with zero attached hydrogens (tertiary/aromatic N) is 4. The Hall–Kier alpha value is -1.63. The van der Waals surface area contributed by atoms with Crippen molar-refractivity contribution >= 4 is 35.0 Å². The number of hydrogen-bond acceptors (Lipinski definition) is 6. The Balaban J connectivity index is 1.71. The first kappa shape index (κ1) is 14.9. The van der Waals surface area contributed by atoms with Gasteiger partial charge in [-0.05, 0) is 18.9 Å². The molecule has 6 nitrogen and oxygen atoms in total. The highest BCUT2D eigenvalue weighted by Gasteiger charge is 2.50. The van der Waals surface area contributed by atoms with Gasteiger partial charge in [0.1, 0.15) is 5.69 Å². The molecule has 8 heteroatoms. The molecule has 1 saturated carbocycles. The van der Waals surface area contributed by atoms with E-state index in [2.05, 4.69) is 25.4 Å². The van der Waals surface area contributed by atoms with Gasteiger partial charge >= 0.3 is 0 Å². The Labute approximate surface area is 144 Å². The molecule has 0 amide bonds. The highest BCUT2D eigenvalue weighted by molar-refractivity contribution is 6.43. The van der Waals surface area contributed by atoms with Crippen LogP contribution in [-0.2, 0) is 0 Å². The molecule has 1 spiro atoms. The first-order valence-corrected chi connectivity index (χ1v) is 8.29. The van der Waals surface area contributed by atoms with E-state index in [-0.39, 0.29) is 5.54 Å². The van der Waals surface area contributed by atoms with Gasteiger partial charge in [-0.3, -0.25) is 0 Å². The molecule has 0 atom stereocenters. The number of halogens is 2. The zero-order valence-corrected chi connectivity index (χ0v) is 13.9. The van der Waals surface area contributed by atoms with E-state index in [1.54, 1.807) is 12.1 Å². The largest absolute Gasteiger partial charge is 0.382 e. The van der Waals surface area contributed by atoms with Gasteiger partial charge < -0.3 is 16.0 Å². The van der Waals surface area contributed by atoms with Gasteiger partial charge in [0.05, 0.1) is 15.6 Å². The molecule has 3 N–H and O–H groups in total. The summed E-state index contributed by atoms with van der Waals surface area (Å²) in [4.78, 5) is 6.70. The normalized spacial score (nSPS) is 19.1. The summed E-state index contributed by atoms with van der Waals surface area (Å²) in [5, 5.41) is 12.9. The summed E-state index contributed by atoms with van der Waals surface area (Å²) in [6.07, 6.45) is 2.29. The number of rotatable bonds is 2. The van der Waals surface area contributed by atoms with Crippen molar-refractivity contribution in [3.8, 4) is 11.3 Å². The third kappa shape index (κ3) is 2.51. The van der Waals surface area contributed by atoms with Gasteiger partial charge in [0.25, 0.3) is 0 Å². The minimum absolute atomic E-state index is 0.140. The lowest BCUT2D eigenvalue weighted by molar-refractivity contribution is 0.454. The maximum absolute atomic E-state index is 6.24. The molecule has 1 aromatic carbocycles. The molecule has 4 rings (SSSR count). The molecule has 23 heavy (non-hydrogen) atoms. The van der Waals surface area contributed by atoms with Crippen LogP contribution in [0.1, 0.15) is 12.8 Å². The van der Waals surface area contributed by atoms with Gasteiger partial charge in [-0.2, -0.15) is 4.98 Å². The van der Waals surface area contributed by atoms with Crippen LogP contribution in [0.5, 0.6) is 0 Å². The molecule has 2 heterocycles. The number of nitrogens with one attached hydrogen (secondary N) is 1. The van der Waals surface area contributed by atoms with Gasteiger partial charge in [0, 0.05) is 25.2 Å². The fourth-order valence-corrected chi connectivity index (χ4v) is 3.46. The monoisotopic (exact) mass is 350 g/mol. The number of nitrogens with two attached hydrogens (primary N) is 1. The lowest BCUT2D eigenvalue weighted by Crippen LogP contribution is -2.54. The number of anilines is 2. The third-order valence-electron chi connectivity index (χ3n) is 4.52. The van der Waals surface area contributed by atoms with Crippen LogP contribution in [0, 0.1) is 0 Å². The van der Waals surface area contributed by atoms with Crippen LogP contribution in [0.3, 0.4) is 0 Å². The van der Waals surface area contributed by atoms with E-state index in [4.69, 9.17) is 28.9 Å². The Morgan fingerprint density at radius 2 is 2.04 bits per heavy atom. The van der Waals surface area contributed by atoms with E-state index in [0.717, 1.165) is 32.5 Å². The maximum atomic E-state index is 6.24. The molecule has 1 aromatic heterocycles. The van der Waals surface area contributed by atoms with E-state index >= 15 is 0 Å². The summed E-state index contributed by atoms with van der Waals surface area (Å²) >= 11 is 12.3. The standard InChI is InChI=1S/C15H16Cl2N6/c16-10-3-1-2-9(11(10)17)12-13(18)20-14(22-21-12)23-7-6-19-8-15(23)4-5-15/h1-3,19H,4-8H2,(H2,18,20,22). The summed E-state index contributed by atoms with van der Waals surface area (Å²) < 4.78 is 0. The molecular weight excluding hydrogens is 335 g/mol. The molecular formula is C15H16Cl2N6. The molecule has 120 valence electrons. The van der Waals surface area contributed by atoms with Crippen LogP contribution < -0.4 is 16.0 Å². The lowest BCUT2D eigenvalue weighted by atomic mass is 10.1. The number of benzene rings is 1. The molecule has 1 saturated heterocycles. The van der Waals surface area contributed by atoms with E-state index in [9.17, 15) is 0 Å². The zero-order chi connectivity index (χ0) is 16.0. The van der Waals surface area contributed by atoms with Crippen LogP contribution in [0.4, 0.5) is 11.8 Å². The minimum Gasteiger partial charge on any atom is -0.382 e. The summed E-state index contributed by atoms with van der Waals surface area (Å²) in [5.74, 6) is 0.900. The Bertz CT molecular complexity index is 762. The second-order valence-electron chi connectivity index (χ2n) is 6.00. The minimum atomic E-state index is 0.140. The van der Waals surface area contributed by atoms with Crippen molar-refractivity contribution in [2.24, 2.45) is 0 Å². The van der Waals surface area contributed by atoms with E-state index in [1.165, 1.54) is 0 Å². The molecule has 0 unspecified atom stereocenters. The fourth-order valence-electron chi connectivity index (χ4n) is 3.07. The quantitative estimate of drug-likeness (QED) is 0.865. The van der Waals surface area contributed by atoms with Crippen LogP contribution in [0.25, 0.3) is 11.3 Å². The van der Waals surface area contributed by atoms with E-state index in [0.29, 0.717) is 33.1 Å². The molecule has 2 aliphatic rings. The Morgan fingerprint density at radius 1 is 1.22 bits per heavy atom. The third-order valence-corrected chi connectivity index (χ3v) is 5.34. The van der Waals surface area contributed by atoms with Crippen molar-refractivity contribution in [1.29, 1.82) is 0 Å². The van der Waals surface area contributed by atoms with Crippen molar-refractivity contribution in [3.05, 3.63) is 28.2 Å². The summed E-state index contributed by atoms with van der Waals surface area (Å²) in [5.41, 5.74) is 7.37. The first-order chi connectivity index (χ1) is 11.1. The topological polar surface area (TPSA) is 80.0 Å². The van der Waals surface area contributed by atoms with Gasteiger partial charge in [0.2, 0.25) is 5.95 Å². The number of nitrogen functional groups attached to an aromatic ring is 1. The van der Waals surface area contributed by atoms with Crippen LogP contribution in [0.2, 0.25) is 10.0 Å². The van der Waals surface area contributed by atoms with Gasteiger partial charge in [-0.25, -0.2) is 0 Å². The van der Waals surface area contributed by atoms with Crippen LogP contribution >= 0.6 is 23.2 Å². The molecule has 0 bridgehead atoms. The van der Waals surface area contributed by atoms with Crippen LogP contribution in [0.15, 0.2) is 18.2 Å². The van der Waals surface area contributed by atoms with Crippen molar-refractivity contribution < 1.29 is 0 Å². The van der Waals surface area contributed by atoms with Crippen molar-refractivity contribution in [1.82, 2.24) is 20.5 Å². The molecule has 0 radical (unpaired) electrons. The second kappa shape index (κ2) is 5.47. The Kier molecular flexibility index (Phi) is 3.55. The highest BCUT2D eigenvalue weighted by Crippen LogP contribution is 2.44. The summed E-state index contributed by atoms with van der Waals surface area (Å²) in [6, 6.07) is 5.33. The van der Waals surface area contributed by atoms with Crippen molar-refractivity contribution in [3.63, 3.8) is 0 Å². The van der Waals surface area contributed by atoms with Gasteiger partial charge in [-0.15, -0.1) is 10.2 Å². The average Bonchev–Trinajstić information content (AvgIpc) is 3.31. The Morgan fingerprint density at radius 3 is 2.78 bits per heavy atom. The molecule has 2 fully saturated rings. The second-order valence-corrected chi connectivity index (χ2v) is 6.78. The number of piperazine rings is 1. The number of aromatic nitrogens is 3. The number of hydrogen-bond donors (Lipinski definition) is 2. The molecule has 2 aromatic rings. The predicted molar refractivity (Wildman–Crippen MR) is 91.9 cm³/mol. The summed E-state index contributed by atoms with van der Waals surface area (Å²) in [7, 11) is 0. The molecule has 1 aliphatic heterocycles. The van der Waals surface area contributed by atoms with Gasteiger partial charge in [0.15, 0.2) is 5.82 Å². The van der Waals surface area contributed by atoms with E-state index < -0.39 is 0 Å². The fraction of sp³-hybridized carbons (Fsp3) is 0.400. The smallest absolute Gasteiger partial charge is 0.247 e. The van der Waals surface area contributed by atoms with Crippen molar-refractivity contribution in [2.75, 3.05) is 30.3 Å². The SMILES string of the molecule is Nc1nc(N2CCNCC23CC3)nnc1-c1cccc(Cl)c1Cl. The lowest BCUT2D eigenvalue weighted by Gasteiger charge is -2.36. The zero-order valence-electron chi connectivity index (χ0n) is 12.4. The predicted octanol–water partition coefficient (Wildman–Crippen LogP) is 2.37. The maximum Gasteiger partial charge on any atom is 0.247 e. The summed E-state index contributed by atoms with van der Waals surface area (Å²) in [6.45, 7) is 2.73. The first-order valence-electron chi connectivity index (χ1n) is 7.54. The van der Waals surface area contributed by atoms with Crippen LogP contribution in [-0.4, -0.2) is 40.4 Å².